The molecule has 0 atom stereocenters. The van der Waals surface area contributed by atoms with Crippen LogP contribution in [0.15, 0.2) is 129 Å². The maximum Gasteiger partial charge on any atom is 0.297 e. The predicted octanol–water partition coefficient (Wildman–Crippen LogP) is 3.59. The molecule has 6 aromatic rings. The summed E-state index contributed by atoms with van der Waals surface area (Å²) in [6.07, 6.45) is 0.466. The summed E-state index contributed by atoms with van der Waals surface area (Å²) >= 11 is 6.00. The highest BCUT2D eigenvalue weighted by Gasteiger charge is 2.37. The fourth-order valence-corrected chi connectivity index (χ4v) is 10.1. The Labute approximate surface area is 385 Å². The molecule has 354 valence electrons. The van der Waals surface area contributed by atoms with E-state index in [2.05, 4.69) is 45.7 Å². The topological polar surface area (TPSA) is 453 Å². The number of nitrogens with two attached hydrogens (primary N) is 1. The summed E-state index contributed by atoms with van der Waals surface area (Å²) in [5.74, 6) is -1.57. The molecule has 11 N–H and O–H groups in total. The van der Waals surface area contributed by atoms with E-state index in [9.17, 15) is 74.8 Å². The highest BCUT2D eigenvalue weighted by Crippen LogP contribution is 2.42. The molecule has 0 amide bonds. The molecule has 5 aromatic carbocycles. The van der Waals surface area contributed by atoms with Crippen LogP contribution in [-0.4, -0.2) is 96.4 Å². The number of benzene rings is 5. The Hall–Kier alpha value is -7.11. The summed E-state index contributed by atoms with van der Waals surface area (Å²) < 4.78 is 175. The third-order valence-corrected chi connectivity index (χ3v) is 13.8. The number of Topliss-reactive ketones (excluding diaryl/α,β-unsaturated/α-hetero) is 1. The highest BCUT2D eigenvalue weighted by atomic mass is 35.5. The average molecular weight is 1050 g/mol. The van der Waals surface area contributed by atoms with Crippen LogP contribution < -0.4 is 22.4 Å². The van der Waals surface area contributed by atoms with Gasteiger partial charge in [0.25, 0.3) is 56.6 Å². The smallest absolute Gasteiger partial charge is 0.297 e. The Balaban J connectivity index is 1.37. The van der Waals surface area contributed by atoms with Crippen molar-refractivity contribution < 1.29 is 74.8 Å². The zero-order valence-corrected chi connectivity index (χ0v) is 37.8. The van der Waals surface area contributed by atoms with Crippen LogP contribution in [0.25, 0.3) is 16.8 Å². The van der Waals surface area contributed by atoms with E-state index in [1.54, 1.807) is 18.2 Å². The van der Waals surface area contributed by atoms with Gasteiger partial charge in [0, 0.05) is 15.8 Å². The zero-order chi connectivity index (χ0) is 49.9. The number of aromatic nitrogens is 3. The molecule has 0 fully saturated rings. The molecule has 0 saturated carbocycles. The molecule has 0 unspecified atom stereocenters. The number of carbonyl (C=O) groups excluding carboxylic acids is 1. The number of nitrogens with zero attached hydrogens (tertiary/aromatic N) is 6. The van der Waals surface area contributed by atoms with Crippen LogP contribution in [0.3, 0.4) is 0 Å². The minimum Gasteiger partial charge on any atom is -0.480 e. The first kappa shape index (κ1) is 48.8. The number of hydrazone groups is 1. The molecule has 1 heterocycles. The molecule has 0 saturated heterocycles. The lowest BCUT2D eigenvalue weighted by Gasteiger charge is -2.20. The van der Waals surface area contributed by atoms with E-state index in [1.165, 1.54) is 6.07 Å². The Morgan fingerprint density at radius 2 is 1.32 bits per heavy atom. The standard InChI is InChI=1S/C35H25ClN10O17S5/c36-16-3-1-4-17(13-16)38-33-40-34(42-35(48)41-33)39-18-7-10-24(65(52,53)54)22(14-18)44-46-30-26(67(58,59)60)12-15-11-25(66(55,56)57)29(28(37)27(15)31(30)47)45-43-21-9-8-19-20(32(21)68(61,62)63)5-2-6-23(19)64(49,50)51/h1-14,44H,37H2,(H,49,50,51)(H,52,53,54)(H,55,56,57)(H,58,59,60)(H,61,62,63)(H3,38,39,40,41,42,48)/b45-43?,46-30+. The fraction of sp³-hybridized carbons (Fsp3) is 0. The number of anilines is 2. The number of hydrogen-bond acceptors (Lipinski definition) is 20. The van der Waals surface area contributed by atoms with Crippen molar-refractivity contribution in [1.29, 1.82) is 0 Å². The van der Waals surface area contributed by atoms with Gasteiger partial charge in [0.2, 0.25) is 17.0 Å². The predicted molar refractivity (Wildman–Crippen MR) is 236 cm³/mol. The number of nitrogens with one attached hydrogen (secondary N) is 3. The minimum atomic E-state index is -5.54. The Morgan fingerprint density at radius 3 is 1.96 bits per heavy atom. The molecule has 1 aliphatic rings. The largest absolute Gasteiger partial charge is 0.480 e. The van der Waals surface area contributed by atoms with Crippen molar-refractivity contribution in [1.82, 2.24) is 15.0 Å². The van der Waals surface area contributed by atoms with E-state index in [4.69, 9.17) is 17.3 Å². The Morgan fingerprint density at radius 1 is 0.662 bits per heavy atom. The van der Waals surface area contributed by atoms with Gasteiger partial charge in [-0.3, -0.25) is 43.0 Å². The Kier molecular flexibility index (Phi) is 12.6. The van der Waals surface area contributed by atoms with Crippen LogP contribution in [0.2, 0.25) is 5.02 Å². The first-order valence-corrected chi connectivity index (χ1v) is 25.4. The van der Waals surface area contributed by atoms with Crippen LogP contribution >= 0.6 is 11.6 Å². The van der Waals surface area contributed by atoms with Gasteiger partial charge in [-0.15, -0.1) is 10.2 Å². The SMILES string of the molecule is Nc1c(N=Nc2ccc3c(S(=O)(=O)O)cccc3c2S(=O)(=O)O)c(S(=O)(=O)O)cc2c1C(=O)/C(=N/Nc1cc(N=c3[nH]c(O)nc(=Nc4cccc(Cl)c4)[nH]3)ccc1S(=O)(=O)O)C(S(=O)(=O)O)=C2. The molecule has 1 aromatic heterocycles. The molecule has 7 rings (SSSR count). The van der Waals surface area contributed by atoms with Crippen molar-refractivity contribution in [2.75, 3.05) is 11.2 Å². The second-order valence-corrected chi connectivity index (χ2v) is 20.9. The monoisotopic (exact) mass is 1050 g/mol. The van der Waals surface area contributed by atoms with Crippen LogP contribution in [0.5, 0.6) is 6.01 Å². The van der Waals surface area contributed by atoms with Crippen LogP contribution in [0, 0.1) is 0 Å². The quantitative estimate of drug-likeness (QED) is 0.0383. The second-order valence-electron chi connectivity index (χ2n) is 13.6. The van der Waals surface area contributed by atoms with Gasteiger partial charge in [-0.05, 0) is 66.2 Å². The first-order chi connectivity index (χ1) is 31.5. The van der Waals surface area contributed by atoms with Crippen molar-refractivity contribution in [3.8, 4) is 6.01 Å². The molecule has 27 nitrogen and oxygen atoms in total. The third-order valence-electron chi connectivity index (χ3n) is 9.08. The molecular formula is C35H25ClN10O17S5. The average Bonchev–Trinajstić information content (AvgIpc) is 3.20. The fourth-order valence-electron chi connectivity index (χ4n) is 6.39. The maximum absolute atomic E-state index is 14.2. The van der Waals surface area contributed by atoms with Gasteiger partial charge in [0.1, 0.15) is 35.9 Å². The lowest BCUT2D eigenvalue weighted by Crippen LogP contribution is -2.28. The second kappa shape index (κ2) is 17.5. The van der Waals surface area contributed by atoms with Crippen molar-refractivity contribution in [2.24, 2.45) is 25.3 Å². The molecule has 0 spiro atoms. The normalized spacial score (nSPS) is 15.0. The number of aromatic hydroxyl groups is 1. The summed E-state index contributed by atoms with van der Waals surface area (Å²) in [6, 6.07) is 13.2. The lowest BCUT2D eigenvalue weighted by molar-refractivity contribution is 0.106. The number of azo groups is 1. The van der Waals surface area contributed by atoms with Gasteiger partial charge in [-0.1, -0.05) is 35.9 Å². The number of allylic oxidation sites excluding steroid dienone is 1. The van der Waals surface area contributed by atoms with E-state index in [1.807, 2.05) is 0 Å². The van der Waals surface area contributed by atoms with Gasteiger partial charge >= 0.3 is 0 Å². The van der Waals surface area contributed by atoms with Gasteiger partial charge < -0.3 is 10.8 Å². The number of hydrogen-bond donors (Lipinski definition) is 10. The number of ketones is 1. The molecule has 0 aliphatic heterocycles. The van der Waals surface area contributed by atoms with Gasteiger partial charge in [0.05, 0.1) is 28.3 Å². The molecule has 1 aliphatic carbocycles. The van der Waals surface area contributed by atoms with Gasteiger partial charge in [-0.25, -0.2) is 9.98 Å². The van der Waals surface area contributed by atoms with E-state index < -0.39 is 137 Å². The number of fused-ring (bicyclic) bond motifs is 2. The van der Waals surface area contributed by atoms with Crippen molar-refractivity contribution in [3.63, 3.8) is 0 Å². The van der Waals surface area contributed by atoms with Gasteiger partial charge in [0.15, 0.2) is 5.71 Å². The highest BCUT2D eigenvalue weighted by molar-refractivity contribution is 7.91. The van der Waals surface area contributed by atoms with E-state index in [0.717, 1.165) is 48.5 Å². The van der Waals surface area contributed by atoms with Crippen LogP contribution in [0.4, 0.5) is 34.1 Å². The van der Waals surface area contributed by atoms with Crippen molar-refractivity contribution >= 4 is 125 Å². The number of halogens is 1. The number of rotatable bonds is 11. The van der Waals surface area contributed by atoms with E-state index in [-0.39, 0.29) is 16.9 Å². The van der Waals surface area contributed by atoms with E-state index in [0.29, 0.717) is 22.9 Å². The number of aromatic amines is 2. The zero-order valence-electron chi connectivity index (χ0n) is 32.9. The minimum absolute atomic E-state index is 0.197. The summed E-state index contributed by atoms with van der Waals surface area (Å²) in [6.45, 7) is 0. The van der Waals surface area contributed by atoms with Crippen molar-refractivity contribution in [3.05, 3.63) is 111 Å². The van der Waals surface area contributed by atoms with Crippen molar-refractivity contribution in [2.45, 2.75) is 19.6 Å². The molecule has 68 heavy (non-hydrogen) atoms. The number of nitrogen functional groups attached to an aromatic ring is 1. The summed E-state index contributed by atoms with van der Waals surface area (Å²) in [7, 11) is -26.6. The summed E-state index contributed by atoms with van der Waals surface area (Å²) in [5, 5.41) is 20.5. The number of H-pyrrole nitrogens is 2. The van der Waals surface area contributed by atoms with E-state index >= 15 is 0 Å². The first-order valence-electron chi connectivity index (χ1n) is 17.8. The Bertz CT molecular complexity index is 4040. The molecular weight excluding hydrogens is 1030 g/mol. The molecule has 0 bridgehead atoms. The van der Waals surface area contributed by atoms with Crippen LogP contribution in [-0.2, 0) is 50.6 Å². The molecule has 0 radical (unpaired) electrons. The lowest BCUT2D eigenvalue weighted by atomic mass is 9.92. The third kappa shape index (κ3) is 10.2. The molecule has 33 heteroatoms. The van der Waals surface area contributed by atoms with Crippen LogP contribution in [0.1, 0.15) is 15.9 Å². The maximum atomic E-state index is 14.2. The number of carbonyl (C=O) groups is 1. The summed E-state index contributed by atoms with van der Waals surface area (Å²) in [4.78, 5) is 25.8. The summed E-state index contributed by atoms with van der Waals surface area (Å²) in [5.41, 5.74) is 1.40. The van der Waals surface area contributed by atoms with Gasteiger partial charge in [-0.2, -0.15) is 52.2 Å².